The molecular weight excluding hydrogens is 300 g/mol. The first-order chi connectivity index (χ1) is 8.65. The summed E-state index contributed by atoms with van der Waals surface area (Å²) >= 11 is 3.41. The molecule has 0 bridgehead atoms. The Morgan fingerprint density at radius 2 is 2.00 bits per heavy atom. The number of benzene rings is 1. The zero-order valence-corrected chi connectivity index (χ0v) is 12.5. The van der Waals surface area contributed by atoms with Crippen molar-refractivity contribution in [2.75, 3.05) is 27.4 Å². The van der Waals surface area contributed by atoms with Gasteiger partial charge < -0.3 is 19.3 Å². The predicted molar refractivity (Wildman–Crippen MR) is 73.3 cm³/mol. The molecule has 1 unspecified atom stereocenters. The number of halogens is 1. The average Bonchev–Trinajstić information content (AvgIpc) is 2.38. The molecule has 0 amide bonds. The first-order valence-corrected chi connectivity index (χ1v) is 6.61. The lowest BCUT2D eigenvalue weighted by atomic mass is 10.1. The average molecular weight is 319 g/mol. The number of aliphatic hydroxyl groups is 1. The van der Waals surface area contributed by atoms with Gasteiger partial charge in [-0.25, -0.2) is 0 Å². The van der Waals surface area contributed by atoms with Gasteiger partial charge in [-0.15, -0.1) is 0 Å². The Morgan fingerprint density at radius 3 is 2.56 bits per heavy atom. The zero-order valence-electron chi connectivity index (χ0n) is 10.9. The fourth-order valence-corrected chi connectivity index (χ4v) is 2.36. The molecule has 4 nitrogen and oxygen atoms in total. The van der Waals surface area contributed by atoms with E-state index in [9.17, 15) is 5.11 Å². The molecule has 0 aliphatic carbocycles. The topological polar surface area (TPSA) is 47.9 Å². The lowest BCUT2D eigenvalue weighted by molar-refractivity contribution is 0.0872. The van der Waals surface area contributed by atoms with E-state index in [1.807, 2.05) is 6.92 Å². The van der Waals surface area contributed by atoms with E-state index in [-0.39, 0.29) is 0 Å². The van der Waals surface area contributed by atoms with Crippen LogP contribution in [0.5, 0.6) is 11.5 Å². The van der Waals surface area contributed by atoms with Gasteiger partial charge in [-0.05, 0) is 35.0 Å². The molecule has 0 saturated heterocycles. The lowest BCUT2D eigenvalue weighted by Crippen LogP contribution is -2.06. The third-order valence-electron chi connectivity index (χ3n) is 2.61. The van der Waals surface area contributed by atoms with Crippen LogP contribution in [0.2, 0.25) is 0 Å². The molecule has 18 heavy (non-hydrogen) atoms. The minimum atomic E-state index is -0.617. The molecule has 0 heterocycles. The van der Waals surface area contributed by atoms with Crippen LogP contribution in [-0.2, 0) is 4.74 Å². The summed E-state index contributed by atoms with van der Waals surface area (Å²) in [5, 5.41) is 10.1. The summed E-state index contributed by atoms with van der Waals surface area (Å²) in [7, 11) is 3.16. The van der Waals surface area contributed by atoms with Crippen LogP contribution >= 0.6 is 15.9 Å². The second-order valence-electron chi connectivity index (χ2n) is 3.71. The van der Waals surface area contributed by atoms with Gasteiger partial charge >= 0.3 is 0 Å². The maximum Gasteiger partial charge on any atom is 0.142 e. The molecule has 1 aromatic carbocycles. The van der Waals surface area contributed by atoms with Gasteiger partial charge in [0.15, 0.2) is 0 Å². The fraction of sp³-hybridized carbons (Fsp3) is 0.538. The van der Waals surface area contributed by atoms with Crippen LogP contribution in [0.25, 0.3) is 0 Å². The quantitative estimate of drug-likeness (QED) is 0.785. The molecule has 5 heteroatoms. The van der Waals surface area contributed by atoms with E-state index in [2.05, 4.69) is 15.9 Å². The first kappa shape index (κ1) is 15.3. The number of rotatable bonds is 7. The van der Waals surface area contributed by atoms with Crippen molar-refractivity contribution in [3.05, 3.63) is 22.2 Å². The summed E-state index contributed by atoms with van der Waals surface area (Å²) in [5.74, 6) is 1.27. The highest BCUT2D eigenvalue weighted by Gasteiger charge is 2.18. The van der Waals surface area contributed by atoms with Gasteiger partial charge in [0.05, 0.1) is 20.3 Å². The van der Waals surface area contributed by atoms with Crippen molar-refractivity contribution in [1.82, 2.24) is 0 Å². The highest BCUT2D eigenvalue weighted by atomic mass is 79.9. The summed E-state index contributed by atoms with van der Waals surface area (Å²) in [6.45, 7) is 3.09. The summed E-state index contributed by atoms with van der Waals surface area (Å²) in [6, 6.07) is 3.60. The number of ether oxygens (including phenoxy) is 3. The highest BCUT2D eigenvalue weighted by Crippen LogP contribution is 2.40. The van der Waals surface area contributed by atoms with Crippen molar-refractivity contribution in [3.8, 4) is 11.5 Å². The van der Waals surface area contributed by atoms with Gasteiger partial charge in [0.2, 0.25) is 0 Å². The molecule has 102 valence electrons. The molecule has 1 rings (SSSR count). The van der Waals surface area contributed by atoms with Crippen molar-refractivity contribution in [2.24, 2.45) is 0 Å². The predicted octanol–water partition coefficient (Wildman–Crippen LogP) is 2.93. The molecule has 1 N–H and O–H groups in total. The van der Waals surface area contributed by atoms with Crippen LogP contribution in [0.1, 0.15) is 25.0 Å². The molecular formula is C13H19BrO4. The molecule has 0 aliphatic heterocycles. The SMILES string of the molecule is CCOCCC(O)c1ccc(OC)c(Br)c1OC. The van der Waals surface area contributed by atoms with E-state index in [0.29, 0.717) is 35.6 Å². The van der Waals surface area contributed by atoms with Crippen LogP contribution < -0.4 is 9.47 Å². The highest BCUT2D eigenvalue weighted by molar-refractivity contribution is 9.10. The van der Waals surface area contributed by atoms with E-state index in [4.69, 9.17) is 14.2 Å². The van der Waals surface area contributed by atoms with Crippen LogP contribution in [0.3, 0.4) is 0 Å². The summed E-state index contributed by atoms with van der Waals surface area (Å²) in [6.07, 6.45) is -0.0862. The van der Waals surface area contributed by atoms with E-state index in [1.54, 1.807) is 26.4 Å². The third-order valence-corrected chi connectivity index (χ3v) is 3.37. The van der Waals surface area contributed by atoms with Gasteiger partial charge in [0.1, 0.15) is 16.0 Å². The van der Waals surface area contributed by atoms with Crippen molar-refractivity contribution in [3.63, 3.8) is 0 Å². The molecule has 0 radical (unpaired) electrons. The molecule has 0 spiro atoms. The largest absolute Gasteiger partial charge is 0.495 e. The Bertz CT molecular complexity index is 381. The van der Waals surface area contributed by atoms with Crippen LogP contribution in [0, 0.1) is 0 Å². The lowest BCUT2D eigenvalue weighted by Gasteiger charge is -2.17. The smallest absolute Gasteiger partial charge is 0.142 e. The van der Waals surface area contributed by atoms with Gasteiger partial charge in [0, 0.05) is 25.2 Å². The Balaban J connectivity index is 2.90. The van der Waals surface area contributed by atoms with E-state index in [1.165, 1.54) is 0 Å². The summed E-state index contributed by atoms with van der Waals surface area (Å²) in [4.78, 5) is 0. The summed E-state index contributed by atoms with van der Waals surface area (Å²) < 4.78 is 16.5. The molecule has 0 aromatic heterocycles. The number of hydrogen-bond acceptors (Lipinski definition) is 4. The van der Waals surface area contributed by atoms with Gasteiger partial charge in [-0.3, -0.25) is 0 Å². The second kappa shape index (κ2) is 7.61. The van der Waals surface area contributed by atoms with E-state index >= 15 is 0 Å². The molecule has 1 aromatic rings. The van der Waals surface area contributed by atoms with Crippen LogP contribution in [0.15, 0.2) is 16.6 Å². The maximum absolute atomic E-state index is 10.1. The van der Waals surface area contributed by atoms with Crippen molar-refractivity contribution >= 4 is 15.9 Å². The van der Waals surface area contributed by atoms with Gasteiger partial charge in [-0.2, -0.15) is 0 Å². The van der Waals surface area contributed by atoms with Crippen LogP contribution in [0.4, 0.5) is 0 Å². The van der Waals surface area contributed by atoms with E-state index in [0.717, 1.165) is 5.56 Å². The standard InChI is InChI=1S/C13H19BrO4/c1-4-18-8-7-10(15)9-5-6-11(16-2)12(14)13(9)17-3/h5-6,10,15H,4,7-8H2,1-3H3. The van der Waals surface area contributed by atoms with Gasteiger partial charge in [0.25, 0.3) is 0 Å². The molecule has 1 atom stereocenters. The fourth-order valence-electron chi connectivity index (χ4n) is 1.68. The number of methoxy groups -OCH3 is 2. The molecule has 0 aliphatic rings. The zero-order chi connectivity index (χ0) is 13.5. The maximum atomic E-state index is 10.1. The first-order valence-electron chi connectivity index (χ1n) is 5.81. The Morgan fingerprint density at radius 1 is 1.28 bits per heavy atom. The second-order valence-corrected chi connectivity index (χ2v) is 4.50. The van der Waals surface area contributed by atoms with Crippen molar-refractivity contribution < 1.29 is 19.3 Å². The van der Waals surface area contributed by atoms with Crippen molar-refractivity contribution in [2.45, 2.75) is 19.4 Å². The van der Waals surface area contributed by atoms with E-state index < -0.39 is 6.10 Å². The minimum absolute atomic E-state index is 0.518. The van der Waals surface area contributed by atoms with Crippen molar-refractivity contribution in [1.29, 1.82) is 0 Å². The Hall–Kier alpha value is -0.780. The number of hydrogen-bond donors (Lipinski definition) is 1. The van der Waals surface area contributed by atoms with Gasteiger partial charge in [-0.1, -0.05) is 0 Å². The normalized spacial score (nSPS) is 12.3. The summed E-state index contributed by atoms with van der Waals surface area (Å²) in [5.41, 5.74) is 0.727. The number of aliphatic hydroxyl groups excluding tert-OH is 1. The monoisotopic (exact) mass is 318 g/mol. The molecule has 0 saturated carbocycles. The Kier molecular flexibility index (Phi) is 6.46. The van der Waals surface area contributed by atoms with Crippen LogP contribution in [-0.4, -0.2) is 32.5 Å². The minimum Gasteiger partial charge on any atom is -0.495 e. The third kappa shape index (κ3) is 3.60. The molecule has 0 fully saturated rings. The Labute approximate surface area is 116 Å².